The number of amides is 1. The van der Waals surface area contributed by atoms with Gasteiger partial charge in [-0.2, -0.15) is 0 Å². The molecule has 2 aromatic heterocycles. The van der Waals surface area contributed by atoms with E-state index in [1.165, 1.54) is 22.7 Å². The Labute approximate surface area is 183 Å². The van der Waals surface area contributed by atoms with Crippen LogP contribution < -0.4 is 5.32 Å². The lowest BCUT2D eigenvalue weighted by Gasteiger charge is -2.17. The molecule has 0 bridgehead atoms. The van der Waals surface area contributed by atoms with Crippen LogP contribution in [0.25, 0.3) is 11.1 Å². The predicted molar refractivity (Wildman–Crippen MR) is 120 cm³/mol. The average Bonchev–Trinajstić information content (AvgIpc) is 3.39. The molecule has 156 valence electrons. The number of carbonyl (C=O) groups is 3. The van der Waals surface area contributed by atoms with Crippen LogP contribution in [0.3, 0.4) is 0 Å². The molecule has 0 radical (unpaired) electrons. The van der Waals surface area contributed by atoms with Crippen molar-refractivity contribution < 1.29 is 19.1 Å². The molecule has 1 aromatic carbocycles. The highest BCUT2D eigenvalue weighted by Crippen LogP contribution is 2.29. The highest BCUT2D eigenvalue weighted by molar-refractivity contribution is 7.14. The van der Waals surface area contributed by atoms with Gasteiger partial charge in [0.05, 0.1) is 11.4 Å². The maximum atomic E-state index is 12.5. The molecule has 0 aliphatic rings. The van der Waals surface area contributed by atoms with Crippen molar-refractivity contribution in [3.05, 3.63) is 68.5 Å². The molecular formula is C23H23NO4S2. The van der Waals surface area contributed by atoms with Gasteiger partial charge in [-0.15, -0.1) is 22.7 Å². The first kappa shape index (κ1) is 21.9. The van der Waals surface area contributed by atoms with Crippen molar-refractivity contribution in [1.29, 1.82) is 0 Å². The van der Waals surface area contributed by atoms with Crippen molar-refractivity contribution in [3.63, 3.8) is 0 Å². The van der Waals surface area contributed by atoms with Crippen LogP contribution in [0.15, 0.2) is 53.9 Å². The van der Waals surface area contributed by atoms with E-state index in [0.717, 1.165) is 16.0 Å². The molecule has 0 aliphatic heterocycles. The Balaban J connectivity index is 1.57. The second-order valence-electron chi connectivity index (χ2n) is 7.73. The van der Waals surface area contributed by atoms with E-state index in [1.807, 2.05) is 62.5 Å². The van der Waals surface area contributed by atoms with E-state index < -0.39 is 11.4 Å². The van der Waals surface area contributed by atoms with Crippen molar-refractivity contribution in [2.24, 2.45) is 5.41 Å². The number of thiophene rings is 2. The molecule has 0 saturated carbocycles. The summed E-state index contributed by atoms with van der Waals surface area (Å²) in [6.45, 7) is 5.58. The summed E-state index contributed by atoms with van der Waals surface area (Å²) in [6, 6.07) is 14.9. The van der Waals surface area contributed by atoms with Crippen LogP contribution in [-0.4, -0.2) is 24.3 Å². The standard InChI is InChI=1S/C23H23NO4S2/c1-23(2,3)22(27)24-13-16-9-10-19(30-16)18(25)14-28-21(26)20-17(11-12-29-20)15-7-5-4-6-8-15/h4-12H,13-14H2,1-3H3,(H,24,27). The number of rotatable bonds is 7. The summed E-state index contributed by atoms with van der Waals surface area (Å²) >= 11 is 2.58. The molecule has 7 heteroatoms. The van der Waals surface area contributed by atoms with Gasteiger partial charge in [0.2, 0.25) is 11.7 Å². The zero-order chi connectivity index (χ0) is 21.7. The van der Waals surface area contributed by atoms with Gasteiger partial charge < -0.3 is 10.1 Å². The second kappa shape index (κ2) is 9.36. The Kier molecular flexibility index (Phi) is 6.84. The minimum Gasteiger partial charge on any atom is -0.453 e. The van der Waals surface area contributed by atoms with Crippen LogP contribution in [0, 0.1) is 5.41 Å². The number of ether oxygens (including phenoxy) is 1. The fourth-order valence-electron chi connectivity index (χ4n) is 2.64. The molecule has 3 aromatic rings. The molecule has 0 unspecified atom stereocenters. The summed E-state index contributed by atoms with van der Waals surface area (Å²) in [7, 11) is 0. The Morgan fingerprint density at radius 1 is 1.00 bits per heavy atom. The molecule has 5 nitrogen and oxygen atoms in total. The molecule has 2 heterocycles. The Hall–Kier alpha value is -2.77. The van der Waals surface area contributed by atoms with Crippen LogP contribution in [0.4, 0.5) is 0 Å². The number of nitrogens with one attached hydrogen (secondary N) is 1. The van der Waals surface area contributed by atoms with E-state index >= 15 is 0 Å². The van der Waals surface area contributed by atoms with Gasteiger partial charge in [-0.1, -0.05) is 51.1 Å². The smallest absolute Gasteiger partial charge is 0.349 e. The van der Waals surface area contributed by atoms with Gasteiger partial charge >= 0.3 is 5.97 Å². The summed E-state index contributed by atoms with van der Waals surface area (Å²) in [5, 5.41) is 4.69. The largest absolute Gasteiger partial charge is 0.453 e. The van der Waals surface area contributed by atoms with Crippen molar-refractivity contribution in [2.75, 3.05) is 6.61 Å². The monoisotopic (exact) mass is 441 g/mol. The minimum absolute atomic E-state index is 0.0529. The Morgan fingerprint density at radius 2 is 1.73 bits per heavy atom. The average molecular weight is 442 g/mol. The molecular weight excluding hydrogens is 418 g/mol. The number of ketones is 1. The van der Waals surface area contributed by atoms with Crippen LogP contribution in [-0.2, 0) is 16.1 Å². The van der Waals surface area contributed by atoms with E-state index in [2.05, 4.69) is 5.32 Å². The lowest BCUT2D eigenvalue weighted by molar-refractivity contribution is -0.128. The summed E-state index contributed by atoms with van der Waals surface area (Å²) in [4.78, 5) is 38.7. The van der Waals surface area contributed by atoms with Gasteiger partial charge in [-0.3, -0.25) is 9.59 Å². The van der Waals surface area contributed by atoms with Crippen molar-refractivity contribution in [1.82, 2.24) is 5.32 Å². The van der Waals surface area contributed by atoms with Crippen LogP contribution in [0.2, 0.25) is 0 Å². The minimum atomic E-state index is -0.508. The van der Waals surface area contributed by atoms with Crippen molar-refractivity contribution in [3.8, 4) is 11.1 Å². The zero-order valence-electron chi connectivity index (χ0n) is 17.1. The van der Waals surface area contributed by atoms with Gasteiger partial charge in [-0.25, -0.2) is 4.79 Å². The molecule has 0 aliphatic carbocycles. The maximum Gasteiger partial charge on any atom is 0.349 e. The molecule has 0 saturated heterocycles. The van der Waals surface area contributed by atoms with E-state index in [0.29, 0.717) is 16.3 Å². The first-order valence-corrected chi connectivity index (χ1v) is 11.2. The first-order chi connectivity index (χ1) is 14.3. The van der Waals surface area contributed by atoms with Gasteiger partial charge in [0.15, 0.2) is 6.61 Å². The van der Waals surface area contributed by atoms with Crippen LogP contribution >= 0.6 is 22.7 Å². The number of hydrogen-bond donors (Lipinski definition) is 1. The van der Waals surface area contributed by atoms with E-state index in [-0.39, 0.29) is 18.3 Å². The third-order valence-electron chi connectivity index (χ3n) is 4.31. The Bertz CT molecular complexity index is 1040. The molecule has 0 spiro atoms. The number of carbonyl (C=O) groups excluding carboxylic acids is 3. The number of hydrogen-bond acceptors (Lipinski definition) is 6. The van der Waals surface area contributed by atoms with Crippen LogP contribution in [0.1, 0.15) is 45.0 Å². The normalized spacial score (nSPS) is 11.2. The molecule has 0 fully saturated rings. The fraction of sp³-hybridized carbons (Fsp3) is 0.261. The number of benzene rings is 1. The van der Waals surface area contributed by atoms with E-state index in [9.17, 15) is 14.4 Å². The summed E-state index contributed by atoms with van der Waals surface area (Å²) < 4.78 is 5.28. The SMILES string of the molecule is CC(C)(C)C(=O)NCc1ccc(C(=O)COC(=O)c2sccc2-c2ccccc2)s1. The molecule has 30 heavy (non-hydrogen) atoms. The summed E-state index contributed by atoms with van der Waals surface area (Å²) in [6.07, 6.45) is 0. The molecule has 1 N–H and O–H groups in total. The van der Waals surface area contributed by atoms with Gasteiger partial charge in [-0.05, 0) is 29.1 Å². The van der Waals surface area contributed by atoms with Crippen LogP contribution in [0.5, 0.6) is 0 Å². The lowest BCUT2D eigenvalue weighted by Crippen LogP contribution is -2.34. The third kappa shape index (κ3) is 5.43. The highest BCUT2D eigenvalue weighted by atomic mass is 32.1. The zero-order valence-corrected chi connectivity index (χ0v) is 18.7. The number of Topliss-reactive ketones (excluding diaryl/α,β-unsaturated/α-hetero) is 1. The maximum absolute atomic E-state index is 12.5. The Morgan fingerprint density at radius 3 is 2.43 bits per heavy atom. The van der Waals surface area contributed by atoms with Gasteiger partial charge in [0.1, 0.15) is 4.88 Å². The second-order valence-corrected chi connectivity index (χ2v) is 9.81. The third-order valence-corrected chi connectivity index (χ3v) is 6.33. The lowest BCUT2D eigenvalue weighted by atomic mass is 9.96. The predicted octanol–water partition coefficient (Wildman–Crippen LogP) is 5.18. The fourth-order valence-corrected chi connectivity index (χ4v) is 4.32. The van der Waals surface area contributed by atoms with Crippen molar-refractivity contribution >= 4 is 40.3 Å². The topological polar surface area (TPSA) is 72.5 Å². The van der Waals surface area contributed by atoms with Gasteiger partial charge in [0, 0.05) is 15.9 Å². The quantitative estimate of drug-likeness (QED) is 0.405. The van der Waals surface area contributed by atoms with Crippen molar-refractivity contribution in [2.45, 2.75) is 27.3 Å². The number of esters is 1. The van der Waals surface area contributed by atoms with E-state index in [4.69, 9.17) is 4.74 Å². The molecule has 3 rings (SSSR count). The van der Waals surface area contributed by atoms with E-state index in [1.54, 1.807) is 12.1 Å². The summed E-state index contributed by atoms with van der Waals surface area (Å²) in [5.41, 5.74) is 1.26. The van der Waals surface area contributed by atoms with Gasteiger partial charge in [0.25, 0.3) is 0 Å². The molecule has 1 amide bonds. The first-order valence-electron chi connectivity index (χ1n) is 9.46. The highest BCUT2D eigenvalue weighted by Gasteiger charge is 2.21. The summed E-state index contributed by atoms with van der Waals surface area (Å²) in [5.74, 6) is -0.825. The molecule has 0 atom stereocenters.